The Morgan fingerprint density at radius 3 is 2.67 bits per heavy atom. The van der Waals surface area contributed by atoms with Gasteiger partial charge < -0.3 is 5.32 Å². The molecule has 0 heterocycles. The Morgan fingerprint density at radius 2 is 2.00 bits per heavy atom. The molecule has 0 aliphatic carbocycles. The summed E-state index contributed by atoms with van der Waals surface area (Å²) in [6.07, 6.45) is 0. The fraction of sp³-hybridized carbons (Fsp3) is 0.0667. The number of hydrogen-bond donors (Lipinski definition) is 1. The maximum Gasteiger partial charge on any atom is 0.285 e. The van der Waals surface area contributed by atoms with E-state index in [1.807, 2.05) is 6.07 Å². The molecule has 21 heavy (non-hydrogen) atoms. The molecule has 0 aliphatic rings. The predicted octanol–water partition coefficient (Wildman–Crippen LogP) is 3.03. The molecule has 1 amide bonds. The van der Waals surface area contributed by atoms with Crippen molar-refractivity contribution in [1.29, 1.82) is 5.26 Å². The van der Waals surface area contributed by atoms with Crippen molar-refractivity contribution >= 4 is 17.3 Å². The summed E-state index contributed by atoms with van der Waals surface area (Å²) >= 11 is 0. The van der Waals surface area contributed by atoms with Crippen LogP contribution in [0.15, 0.2) is 42.5 Å². The zero-order chi connectivity index (χ0) is 15.4. The highest BCUT2D eigenvalue weighted by atomic mass is 16.6. The van der Waals surface area contributed by atoms with Gasteiger partial charge in [0.25, 0.3) is 11.6 Å². The number of nitrogens with one attached hydrogen (secondary N) is 1. The Kier molecular flexibility index (Phi) is 3.95. The van der Waals surface area contributed by atoms with Crippen LogP contribution in [0.4, 0.5) is 11.4 Å². The highest BCUT2D eigenvalue weighted by Crippen LogP contribution is 2.24. The smallest absolute Gasteiger partial charge is 0.285 e. The Bertz CT molecular complexity index is 763. The number of nitriles is 1. The molecule has 0 fully saturated rings. The summed E-state index contributed by atoms with van der Waals surface area (Å²) in [6, 6.07) is 12.9. The van der Waals surface area contributed by atoms with E-state index < -0.39 is 10.8 Å². The van der Waals surface area contributed by atoms with Gasteiger partial charge in [-0.15, -0.1) is 0 Å². The lowest BCUT2D eigenvalue weighted by Gasteiger charge is -2.07. The predicted molar refractivity (Wildman–Crippen MR) is 76.9 cm³/mol. The Balaban J connectivity index is 2.35. The molecule has 6 nitrogen and oxygen atoms in total. The molecule has 0 spiro atoms. The zero-order valence-corrected chi connectivity index (χ0v) is 11.2. The highest BCUT2D eigenvalue weighted by molar-refractivity contribution is 6.07. The molecule has 0 unspecified atom stereocenters. The number of para-hydroxylation sites is 1. The van der Waals surface area contributed by atoms with Gasteiger partial charge in [-0.1, -0.05) is 18.2 Å². The average Bonchev–Trinajstić information content (AvgIpc) is 2.46. The Labute approximate surface area is 120 Å². The van der Waals surface area contributed by atoms with Gasteiger partial charge in [0.2, 0.25) is 0 Å². The van der Waals surface area contributed by atoms with Crippen molar-refractivity contribution in [2.24, 2.45) is 0 Å². The SMILES string of the molecule is Cc1cccc(C(=O)Nc2cccc(C#N)c2)c1[N+](=O)[O-]. The lowest BCUT2D eigenvalue weighted by Crippen LogP contribution is -2.14. The van der Waals surface area contributed by atoms with Gasteiger partial charge in [-0.2, -0.15) is 5.26 Å². The molecule has 2 aromatic rings. The van der Waals surface area contributed by atoms with Gasteiger partial charge in [0.1, 0.15) is 5.56 Å². The second-order valence-corrected chi connectivity index (χ2v) is 4.37. The van der Waals surface area contributed by atoms with E-state index in [9.17, 15) is 14.9 Å². The van der Waals surface area contributed by atoms with Gasteiger partial charge in [0.15, 0.2) is 0 Å². The highest BCUT2D eigenvalue weighted by Gasteiger charge is 2.22. The summed E-state index contributed by atoms with van der Waals surface area (Å²) in [6.45, 7) is 1.57. The van der Waals surface area contributed by atoms with Gasteiger partial charge in [-0.25, -0.2) is 0 Å². The van der Waals surface area contributed by atoms with Gasteiger partial charge in [-0.3, -0.25) is 14.9 Å². The van der Waals surface area contributed by atoms with Crippen LogP contribution >= 0.6 is 0 Å². The first-order valence-corrected chi connectivity index (χ1v) is 6.08. The maximum absolute atomic E-state index is 12.2. The van der Waals surface area contributed by atoms with Gasteiger partial charge >= 0.3 is 0 Å². The van der Waals surface area contributed by atoms with Gasteiger partial charge in [0, 0.05) is 11.3 Å². The van der Waals surface area contributed by atoms with E-state index in [2.05, 4.69) is 5.32 Å². The molecule has 0 aliphatic heterocycles. The summed E-state index contributed by atoms with van der Waals surface area (Å²) in [7, 11) is 0. The minimum absolute atomic E-state index is 0.0117. The molecule has 104 valence electrons. The van der Waals surface area contributed by atoms with E-state index in [1.165, 1.54) is 12.1 Å². The number of aryl methyl sites for hydroxylation is 1. The van der Waals surface area contributed by atoms with E-state index in [1.54, 1.807) is 37.3 Å². The first-order valence-electron chi connectivity index (χ1n) is 6.08. The number of hydrogen-bond acceptors (Lipinski definition) is 4. The normalized spacial score (nSPS) is 9.71. The number of anilines is 1. The van der Waals surface area contributed by atoms with Crippen LogP contribution in [0.3, 0.4) is 0 Å². The van der Waals surface area contributed by atoms with E-state index in [0.717, 1.165) is 0 Å². The molecule has 0 bridgehead atoms. The molecule has 2 aromatic carbocycles. The first-order chi connectivity index (χ1) is 10.0. The maximum atomic E-state index is 12.2. The standard InChI is InChI=1S/C15H11N3O3/c1-10-4-2-7-13(14(10)18(20)21)15(19)17-12-6-3-5-11(8-12)9-16/h2-8H,1H3,(H,17,19). The topological polar surface area (TPSA) is 96.0 Å². The van der Waals surface area contributed by atoms with Crippen molar-refractivity contribution in [3.05, 3.63) is 69.3 Å². The van der Waals surface area contributed by atoms with Crippen molar-refractivity contribution in [3.8, 4) is 6.07 Å². The number of nitro benzene ring substituents is 1. The van der Waals surface area contributed by atoms with Crippen molar-refractivity contribution in [2.75, 3.05) is 5.32 Å². The Hall–Kier alpha value is -3.20. The molecule has 0 radical (unpaired) electrons. The van der Waals surface area contributed by atoms with Crippen LogP contribution in [-0.2, 0) is 0 Å². The Morgan fingerprint density at radius 1 is 1.29 bits per heavy atom. The number of nitrogens with zero attached hydrogens (tertiary/aromatic N) is 2. The molecule has 0 saturated heterocycles. The lowest BCUT2D eigenvalue weighted by molar-refractivity contribution is -0.385. The van der Waals surface area contributed by atoms with Crippen molar-refractivity contribution in [2.45, 2.75) is 6.92 Å². The van der Waals surface area contributed by atoms with Crippen molar-refractivity contribution < 1.29 is 9.72 Å². The quantitative estimate of drug-likeness (QED) is 0.690. The third kappa shape index (κ3) is 3.04. The molecule has 2 rings (SSSR count). The van der Waals surface area contributed by atoms with Crippen LogP contribution in [0.2, 0.25) is 0 Å². The second-order valence-electron chi connectivity index (χ2n) is 4.37. The largest absolute Gasteiger partial charge is 0.322 e. The zero-order valence-electron chi connectivity index (χ0n) is 11.2. The molecular weight excluding hydrogens is 270 g/mol. The van der Waals surface area contributed by atoms with Gasteiger partial charge in [-0.05, 0) is 31.2 Å². The fourth-order valence-electron chi connectivity index (χ4n) is 1.95. The lowest BCUT2D eigenvalue weighted by atomic mass is 10.1. The van der Waals surface area contributed by atoms with Crippen LogP contribution in [0.1, 0.15) is 21.5 Å². The molecule has 0 saturated carbocycles. The summed E-state index contributed by atoms with van der Waals surface area (Å²) in [5.74, 6) is -0.583. The monoisotopic (exact) mass is 281 g/mol. The van der Waals surface area contributed by atoms with Crippen LogP contribution < -0.4 is 5.32 Å². The van der Waals surface area contributed by atoms with Crippen molar-refractivity contribution in [1.82, 2.24) is 0 Å². The summed E-state index contributed by atoms with van der Waals surface area (Å²) < 4.78 is 0. The number of benzene rings is 2. The summed E-state index contributed by atoms with van der Waals surface area (Å²) in [5.41, 5.74) is 0.994. The van der Waals surface area contributed by atoms with Crippen LogP contribution in [0.5, 0.6) is 0 Å². The van der Waals surface area contributed by atoms with E-state index in [-0.39, 0.29) is 11.3 Å². The third-order valence-electron chi connectivity index (χ3n) is 2.91. The van der Waals surface area contributed by atoms with Crippen LogP contribution in [-0.4, -0.2) is 10.8 Å². The summed E-state index contributed by atoms with van der Waals surface area (Å²) in [4.78, 5) is 22.7. The van der Waals surface area contributed by atoms with Crippen molar-refractivity contribution in [3.63, 3.8) is 0 Å². The minimum atomic E-state index is -0.583. The third-order valence-corrected chi connectivity index (χ3v) is 2.91. The van der Waals surface area contributed by atoms with Crippen LogP contribution in [0.25, 0.3) is 0 Å². The van der Waals surface area contributed by atoms with Crippen LogP contribution in [0, 0.1) is 28.4 Å². The first kappa shape index (κ1) is 14.2. The fourth-order valence-corrected chi connectivity index (χ4v) is 1.95. The van der Waals surface area contributed by atoms with E-state index in [0.29, 0.717) is 16.8 Å². The number of carbonyl (C=O) groups is 1. The average molecular weight is 281 g/mol. The second kappa shape index (κ2) is 5.84. The summed E-state index contributed by atoms with van der Waals surface area (Å²) in [5, 5.41) is 22.5. The number of amides is 1. The molecule has 6 heteroatoms. The molecular formula is C15H11N3O3. The molecule has 1 N–H and O–H groups in total. The number of rotatable bonds is 3. The van der Waals surface area contributed by atoms with E-state index in [4.69, 9.17) is 5.26 Å². The molecule has 0 aromatic heterocycles. The molecule has 0 atom stereocenters. The van der Waals surface area contributed by atoms with Gasteiger partial charge in [0.05, 0.1) is 16.6 Å². The van der Waals surface area contributed by atoms with E-state index >= 15 is 0 Å². The number of nitro groups is 1. The number of carbonyl (C=O) groups excluding carboxylic acids is 1. The minimum Gasteiger partial charge on any atom is -0.322 e.